The highest BCUT2D eigenvalue weighted by atomic mass is 16.3. The van der Waals surface area contributed by atoms with Crippen LogP contribution in [0.3, 0.4) is 0 Å². The third kappa shape index (κ3) is 2.44. The lowest BCUT2D eigenvalue weighted by Crippen LogP contribution is -2.05. The molecule has 1 heterocycles. The van der Waals surface area contributed by atoms with Gasteiger partial charge in [0.25, 0.3) is 0 Å². The van der Waals surface area contributed by atoms with E-state index in [1.165, 1.54) is 0 Å². The third-order valence-corrected chi connectivity index (χ3v) is 2.35. The van der Waals surface area contributed by atoms with Crippen LogP contribution in [0.5, 0.6) is 0 Å². The summed E-state index contributed by atoms with van der Waals surface area (Å²) >= 11 is 0. The number of ketones is 1. The largest absolute Gasteiger partial charge is 0.461 e. The minimum absolute atomic E-state index is 0.122. The van der Waals surface area contributed by atoms with Crippen molar-refractivity contribution in [1.82, 2.24) is 0 Å². The molecule has 1 aromatic rings. The highest BCUT2D eigenvalue weighted by molar-refractivity contribution is 5.94. The summed E-state index contributed by atoms with van der Waals surface area (Å²) < 4.78 is 5.12. The van der Waals surface area contributed by atoms with E-state index in [1.54, 1.807) is 6.26 Å². The zero-order valence-corrected chi connectivity index (χ0v) is 8.46. The average molecular weight is 180 g/mol. The standard InChI is InChI=1S/C11H16O2/c1-4-8(2)7-10(12)11-9(3)5-6-13-11/h5-6,8H,4,7H2,1-3H3. The van der Waals surface area contributed by atoms with Gasteiger partial charge in [0.1, 0.15) is 0 Å². The third-order valence-electron chi connectivity index (χ3n) is 2.35. The Bertz CT molecular complexity index is 286. The molecule has 1 aromatic heterocycles. The Morgan fingerprint density at radius 2 is 2.31 bits per heavy atom. The summed E-state index contributed by atoms with van der Waals surface area (Å²) in [5.74, 6) is 1.09. The Morgan fingerprint density at radius 3 is 2.77 bits per heavy atom. The zero-order valence-electron chi connectivity index (χ0n) is 8.46. The van der Waals surface area contributed by atoms with Gasteiger partial charge in [-0.3, -0.25) is 4.79 Å². The zero-order chi connectivity index (χ0) is 9.84. The number of Topliss-reactive ketones (excluding diaryl/α,β-unsaturated/α-hetero) is 1. The first-order valence-electron chi connectivity index (χ1n) is 4.72. The number of hydrogen-bond acceptors (Lipinski definition) is 2. The van der Waals surface area contributed by atoms with Gasteiger partial charge in [-0.25, -0.2) is 0 Å². The number of aryl methyl sites for hydroxylation is 1. The number of rotatable bonds is 4. The maximum absolute atomic E-state index is 11.6. The van der Waals surface area contributed by atoms with Crippen LogP contribution < -0.4 is 0 Å². The fourth-order valence-electron chi connectivity index (χ4n) is 1.21. The molecule has 0 spiro atoms. The first-order chi connectivity index (χ1) is 6.15. The van der Waals surface area contributed by atoms with Gasteiger partial charge in [0, 0.05) is 6.42 Å². The lowest BCUT2D eigenvalue weighted by molar-refractivity contribution is 0.0935. The van der Waals surface area contributed by atoms with E-state index in [4.69, 9.17) is 4.42 Å². The van der Waals surface area contributed by atoms with E-state index < -0.39 is 0 Å². The molecule has 1 rings (SSSR count). The molecule has 0 amide bonds. The Kier molecular flexibility index (Phi) is 3.29. The van der Waals surface area contributed by atoms with E-state index in [-0.39, 0.29) is 5.78 Å². The molecule has 0 saturated heterocycles. The second-order valence-corrected chi connectivity index (χ2v) is 3.57. The summed E-state index contributed by atoms with van der Waals surface area (Å²) in [7, 11) is 0. The van der Waals surface area contributed by atoms with Gasteiger partial charge in [-0.2, -0.15) is 0 Å². The highest BCUT2D eigenvalue weighted by Crippen LogP contribution is 2.16. The van der Waals surface area contributed by atoms with Crippen molar-refractivity contribution in [2.75, 3.05) is 0 Å². The van der Waals surface area contributed by atoms with Crippen LogP contribution in [0, 0.1) is 12.8 Å². The van der Waals surface area contributed by atoms with Gasteiger partial charge >= 0.3 is 0 Å². The molecule has 2 heteroatoms. The minimum atomic E-state index is 0.122. The van der Waals surface area contributed by atoms with Crippen LogP contribution in [-0.4, -0.2) is 5.78 Å². The monoisotopic (exact) mass is 180 g/mol. The average Bonchev–Trinajstić information content (AvgIpc) is 2.51. The fraction of sp³-hybridized carbons (Fsp3) is 0.545. The van der Waals surface area contributed by atoms with E-state index in [0.29, 0.717) is 18.1 Å². The van der Waals surface area contributed by atoms with E-state index in [9.17, 15) is 4.79 Å². The molecule has 0 aliphatic rings. The van der Waals surface area contributed by atoms with Crippen molar-refractivity contribution in [3.05, 3.63) is 23.7 Å². The molecule has 0 aliphatic heterocycles. The quantitative estimate of drug-likeness (QED) is 0.666. The summed E-state index contributed by atoms with van der Waals surface area (Å²) in [6, 6.07) is 1.82. The molecule has 2 nitrogen and oxygen atoms in total. The molecule has 72 valence electrons. The van der Waals surface area contributed by atoms with Crippen molar-refractivity contribution in [3.63, 3.8) is 0 Å². The summed E-state index contributed by atoms with van der Waals surface area (Å²) in [5.41, 5.74) is 0.938. The second kappa shape index (κ2) is 4.26. The molecular weight excluding hydrogens is 164 g/mol. The van der Waals surface area contributed by atoms with Crippen LogP contribution in [0.1, 0.15) is 42.8 Å². The van der Waals surface area contributed by atoms with Gasteiger partial charge in [0.05, 0.1) is 6.26 Å². The molecule has 1 unspecified atom stereocenters. The predicted octanol–water partition coefficient (Wildman–Crippen LogP) is 3.21. The van der Waals surface area contributed by atoms with Crippen molar-refractivity contribution in [2.24, 2.45) is 5.92 Å². The first-order valence-corrected chi connectivity index (χ1v) is 4.72. The van der Waals surface area contributed by atoms with Gasteiger partial charge in [0.2, 0.25) is 0 Å². The lowest BCUT2D eigenvalue weighted by atomic mass is 10.00. The SMILES string of the molecule is CCC(C)CC(=O)c1occc1C. The van der Waals surface area contributed by atoms with Crippen LogP contribution >= 0.6 is 0 Å². The normalized spacial score (nSPS) is 12.8. The molecule has 0 saturated carbocycles. The molecule has 0 radical (unpaired) electrons. The molecular formula is C11H16O2. The summed E-state index contributed by atoms with van der Waals surface area (Å²) in [5, 5.41) is 0. The van der Waals surface area contributed by atoms with E-state index >= 15 is 0 Å². The van der Waals surface area contributed by atoms with Crippen LogP contribution in [0.15, 0.2) is 16.7 Å². The molecule has 13 heavy (non-hydrogen) atoms. The van der Waals surface area contributed by atoms with Crippen LogP contribution in [0.2, 0.25) is 0 Å². The fourth-order valence-corrected chi connectivity index (χ4v) is 1.21. The van der Waals surface area contributed by atoms with Gasteiger partial charge < -0.3 is 4.42 Å². The molecule has 0 fully saturated rings. The maximum atomic E-state index is 11.6. The van der Waals surface area contributed by atoms with Crippen molar-refractivity contribution < 1.29 is 9.21 Å². The molecule has 1 atom stereocenters. The number of hydrogen-bond donors (Lipinski definition) is 0. The molecule has 0 N–H and O–H groups in total. The van der Waals surface area contributed by atoms with E-state index in [0.717, 1.165) is 12.0 Å². The van der Waals surface area contributed by atoms with Crippen LogP contribution in [0.25, 0.3) is 0 Å². The summed E-state index contributed by atoms with van der Waals surface area (Å²) in [4.78, 5) is 11.6. The van der Waals surface area contributed by atoms with Crippen LogP contribution in [0.4, 0.5) is 0 Å². The number of carbonyl (C=O) groups excluding carboxylic acids is 1. The Hall–Kier alpha value is -1.05. The van der Waals surface area contributed by atoms with Crippen molar-refractivity contribution in [3.8, 4) is 0 Å². The van der Waals surface area contributed by atoms with Crippen LogP contribution in [-0.2, 0) is 0 Å². The Morgan fingerprint density at radius 1 is 1.62 bits per heavy atom. The summed E-state index contributed by atoms with van der Waals surface area (Å²) in [6.07, 6.45) is 3.19. The van der Waals surface area contributed by atoms with E-state index in [1.807, 2.05) is 13.0 Å². The topological polar surface area (TPSA) is 30.2 Å². The Labute approximate surface area is 78.9 Å². The van der Waals surface area contributed by atoms with Gasteiger partial charge in [-0.1, -0.05) is 20.3 Å². The molecule has 0 bridgehead atoms. The van der Waals surface area contributed by atoms with Gasteiger partial charge in [-0.15, -0.1) is 0 Å². The van der Waals surface area contributed by atoms with Crippen molar-refractivity contribution in [1.29, 1.82) is 0 Å². The maximum Gasteiger partial charge on any atom is 0.198 e. The lowest BCUT2D eigenvalue weighted by Gasteiger charge is -2.05. The van der Waals surface area contributed by atoms with E-state index in [2.05, 4.69) is 13.8 Å². The van der Waals surface area contributed by atoms with Crippen molar-refractivity contribution >= 4 is 5.78 Å². The summed E-state index contributed by atoms with van der Waals surface area (Å²) in [6.45, 7) is 6.07. The highest BCUT2D eigenvalue weighted by Gasteiger charge is 2.14. The van der Waals surface area contributed by atoms with Gasteiger partial charge in [-0.05, 0) is 24.5 Å². The number of carbonyl (C=O) groups is 1. The number of furan rings is 1. The Balaban J connectivity index is 2.64. The van der Waals surface area contributed by atoms with Crippen molar-refractivity contribution in [2.45, 2.75) is 33.6 Å². The molecule has 0 aromatic carbocycles. The molecule has 0 aliphatic carbocycles. The minimum Gasteiger partial charge on any atom is -0.461 e. The predicted molar refractivity (Wildman–Crippen MR) is 51.8 cm³/mol. The van der Waals surface area contributed by atoms with Gasteiger partial charge in [0.15, 0.2) is 11.5 Å². The smallest absolute Gasteiger partial charge is 0.198 e. The second-order valence-electron chi connectivity index (χ2n) is 3.57. The first kappa shape index (κ1) is 10.0.